The smallest absolute Gasteiger partial charge is 0.254 e. The number of carbonyl (C=O) groups is 1. The Morgan fingerprint density at radius 3 is 2.46 bits per heavy atom. The molecule has 1 aromatic carbocycles. The van der Waals surface area contributed by atoms with Crippen LogP contribution in [0.25, 0.3) is 0 Å². The first-order chi connectivity index (χ1) is 11.6. The summed E-state index contributed by atoms with van der Waals surface area (Å²) in [5.74, 6) is -2.54. The predicted molar refractivity (Wildman–Crippen MR) is 87.0 cm³/mol. The second-order valence-electron chi connectivity index (χ2n) is 6.69. The van der Waals surface area contributed by atoms with Crippen LogP contribution in [0.4, 0.5) is 8.78 Å². The molecule has 1 amide bonds. The van der Waals surface area contributed by atoms with Crippen LogP contribution >= 0.6 is 0 Å². The monoisotopic (exact) mass is 338 g/mol. The van der Waals surface area contributed by atoms with Crippen LogP contribution in [0.2, 0.25) is 0 Å². The van der Waals surface area contributed by atoms with Gasteiger partial charge in [-0.3, -0.25) is 4.79 Å². The molecular weight excluding hydrogens is 314 g/mol. The van der Waals surface area contributed by atoms with Gasteiger partial charge in [0, 0.05) is 38.4 Å². The number of hydrogen-bond acceptors (Lipinski definition) is 3. The number of likely N-dealkylation sites (tertiary alicyclic amines) is 1. The Balaban J connectivity index is 1.54. The summed E-state index contributed by atoms with van der Waals surface area (Å²) >= 11 is 0. The summed E-state index contributed by atoms with van der Waals surface area (Å²) in [4.78, 5) is 14.7. The Bertz CT molecular complexity index is 595. The van der Waals surface area contributed by atoms with Gasteiger partial charge in [0.05, 0.1) is 5.56 Å². The number of aryl methyl sites for hydroxylation is 1. The Labute approximate surface area is 141 Å². The first-order valence-electron chi connectivity index (χ1n) is 8.63. The third-order valence-corrected chi connectivity index (χ3v) is 5.09. The standard InChI is InChI=1S/C18H24F2N2O2/c1-12-2-3-15(17(20)16(12)19)18(23)21-13-4-8-22(9-5-13)14-6-10-24-11-7-14/h2-3,13-14H,4-11H2,1H3,(H,21,23). The molecule has 6 heteroatoms. The van der Waals surface area contributed by atoms with Gasteiger partial charge in [0.25, 0.3) is 5.91 Å². The average molecular weight is 338 g/mol. The molecule has 0 saturated carbocycles. The van der Waals surface area contributed by atoms with Crippen molar-refractivity contribution >= 4 is 5.91 Å². The van der Waals surface area contributed by atoms with Crippen LogP contribution in [-0.4, -0.2) is 49.2 Å². The van der Waals surface area contributed by atoms with Gasteiger partial charge in [-0.25, -0.2) is 8.78 Å². The molecule has 0 bridgehead atoms. The number of piperidine rings is 1. The zero-order valence-corrected chi connectivity index (χ0v) is 14.0. The van der Waals surface area contributed by atoms with Gasteiger partial charge in [0.15, 0.2) is 11.6 Å². The first kappa shape index (κ1) is 17.3. The maximum absolute atomic E-state index is 13.9. The fourth-order valence-corrected chi connectivity index (χ4v) is 3.54. The molecule has 0 atom stereocenters. The van der Waals surface area contributed by atoms with Gasteiger partial charge in [-0.1, -0.05) is 6.07 Å². The van der Waals surface area contributed by atoms with Crippen LogP contribution in [0.5, 0.6) is 0 Å². The zero-order chi connectivity index (χ0) is 17.1. The van der Waals surface area contributed by atoms with Crippen molar-refractivity contribution in [2.45, 2.75) is 44.7 Å². The fraction of sp³-hybridized carbons (Fsp3) is 0.611. The van der Waals surface area contributed by atoms with Gasteiger partial charge < -0.3 is 15.0 Å². The number of nitrogens with zero attached hydrogens (tertiary/aromatic N) is 1. The largest absolute Gasteiger partial charge is 0.381 e. The molecule has 0 aliphatic carbocycles. The second kappa shape index (κ2) is 7.57. The van der Waals surface area contributed by atoms with Crippen molar-refractivity contribution in [2.75, 3.05) is 26.3 Å². The SMILES string of the molecule is Cc1ccc(C(=O)NC2CCN(C3CCOCC3)CC2)c(F)c1F. The second-order valence-corrected chi connectivity index (χ2v) is 6.69. The maximum Gasteiger partial charge on any atom is 0.254 e. The Morgan fingerprint density at radius 2 is 1.79 bits per heavy atom. The topological polar surface area (TPSA) is 41.6 Å². The number of rotatable bonds is 3. The summed E-state index contributed by atoms with van der Waals surface area (Å²) in [7, 11) is 0. The number of hydrogen-bond donors (Lipinski definition) is 1. The number of carbonyl (C=O) groups excluding carboxylic acids is 1. The summed E-state index contributed by atoms with van der Waals surface area (Å²) in [5, 5.41) is 2.85. The van der Waals surface area contributed by atoms with E-state index in [9.17, 15) is 13.6 Å². The molecule has 1 aromatic rings. The third kappa shape index (κ3) is 3.75. The summed E-state index contributed by atoms with van der Waals surface area (Å²) in [6.07, 6.45) is 3.79. The van der Waals surface area contributed by atoms with E-state index < -0.39 is 17.5 Å². The molecule has 1 N–H and O–H groups in total. The number of halogens is 2. The highest BCUT2D eigenvalue weighted by Crippen LogP contribution is 2.21. The van der Waals surface area contributed by atoms with Gasteiger partial charge in [-0.15, -0.1) is 0 Å². The molecular formula is C18H24F2N2O2. The highest BCUT2D eigenvalue weighted by molar-refractivity contribution is 5.94. The quantitative estimate of drug-likeness (QED) is 0.921. The minimum absolute atomic E-state index is 0.0114. The van der Waals surface area contributed by atoms with Crippen molar-refractivity contribution in [3.8, 4) is 0 Å². The van der Waals surface area contributed by atoms with Crippen LogP contribution in [0.3, 0.4) is 0 Å². The van der Waals surface area contributed by atoms with Crippen LogP contribution in [-0.2, 0) is 4.74 Å². The Hall–Kier alpha value is -1.53. The Morgan fingerprint density at radius 1 is 1.12 bits per heavy atom. The molecule has 2 heterocycles. The van der Waals surface area contributed by atoms with E-state index in [1.54, 1.807) is 0 Å². The van der Waals surface area contributed by atoms with Crippen molar-refractivity contribution in [1.29, 1.82) is 0 Å². The van der Waals surface area contributed by atoms with Crippen LogP contribution < -0.4 is 5.32 Å². The number of ether oxygens (including phenoxy) is 1. The third-order valence-electron chi connectivity index (χ3n) is 5.09. The number of nitrogens with one attached hydrogen (secondary N) is 1. The molecule has 24 heavy (non-hydrogen) atoms. The van der Waals surface area contributed by atoms with Gasteiger partial charge in [0.1, 0.15) is 0 Å². The summed E-state index contributed by atoms with van der Waals surface area (Å²) in [6.45, 7) is 4.95. The first-order valence-corrected chi connectivity index (χ1v) is 8.63. The molecule has 2 saturated heterocycles. The lowest BCUT2D eigenvalue weighted by Gasteiger charge is -2.39. The van der Waals surface area contributed by atoms with E-state index in [2.05, 4.69) is 10.2 Å². The normalized spacial score (nSPS) is 21.0. The minimum Gasteiger partial charge on any atom is -0.381 e. The van der Waals surface area contributed by atoms with Crippen LogP contribution in [0.15, 0.2) is 12.1 Å². The van der Waals surface area contributed by atoms with E-state index in [0.717, 1.165) is 52.0 Å². The van der Waals surface area contributed by atoms with E-state index in [-0.39, 0.29) is 17.2 Å². The van der Waals surface area contributed by atoms with Gasteiger partial charge in [-0.05, 0) is 44.2 Å². The van der Waals surface area contributed by atoms with Crippen LogP contribution in [0.1, 0.15) is 41.6 Å². The van der Waals surface area contributed by atoms with Crippen LogP contribution in [0, 0.1) is 18.6 Å². The number of amides is 1. The van der Waals surface area contributed by atoms with Crippen molar-refractivity contribution in [3.05, 3.63) is 34.9 Å². The highest BCUT2D eigenvalue weighted by atomic mass is 19.2. The maximum atomic E-state index is 13.9. The minimum atomic E-state index is -1.06. The van der Waals surface area contributed by atoms with Gasteiger partial charge in [0.2, 0.25) is 0 Å². The van der Waals surface area contributed by atoms with E-state index in [1.807, 2.05) is 0 Å². The zero-order valence-electron chi connectivity index (χ0n) is 14.0. The summed E-state index contributed by atoms with van der Waals surface area (Å²) in [6, 6.07) is 3.36. The molecule has 0 unspecified atom stereocenters. The molecule has 132 valence electrons. The molecule has 2 aliphatic heterocycles. The van der Waals surface area contributed by atoms with E-state index in [1.165, 1.54) is 19.1 Å². The summed E-state index contributed by atoms with van der Waals surface area (Å²) in [5.41, 5.74) is -0.0150. The lowest BCUT2D eigenvalue weighted by Crippen LogP contribution is -2.49. The molecule has 0 radical (unpaired) electrons. The van der Waals surface area contributed by atoms with E-state index in [4.69, 9.17) is 4.74 Å². The lowest BCUT2D eigenvalue weighted by atomic mass is 9.99. The molecule has 0 spiro atoms. The van der Waals surface area contributed by atoms with Gasteiger partial charge >= 0.3 is 0 Å². The molecule has 2 fully saturated rings. The van der Waals surface area contributed by atoms with Gasteiger partial charge in [-0.2, -0.15) is 0 Å². The Kier molecular flexibility index (Phi) is 5.46. The predicted octanol–water partition coefficient (Wildman–Crippen LogP) is 2.65. The summed E-state index contributed by atoms with van der Waals surface area (Å²) < 4.78 is 32.9. The van der Waals surface area contributed by atoms with Crippen molar-refractivity contribution in [2.24, 2.45) is 0 Å². The fourth-order valence-electron chi connectivity index (χ4n) is 3.54. The molecule has 4 nitrogen and oxygen atoms in total. The molecule has 3 rings (SSSR count). The average Bonchev–Trinajstić information content (AvgIpc) is 2.61. The number of benzene rings is 1. The van der Waals surface area contributed by atoms with Crippen molar-refractivity contribution < 1.29 is 18.3 Å². The highest BCUT2D eigenvalue weighted by Gasteiger charge is 2.28. The van der Waals surface area contributed by atoms with Crippen molar-refractivity contribution in [3.63, 3.8) is 0 Å². The molecule has 2 aliphatic rings. The van der Waals surface area contributed by atoms with E-state index >= 15 is 0 Å². The van der Waals surface area contributed by atoms with E-state index in [0.29, 0.717) is 6.04 Å². The molecule has 0 aromatic heterocycles. The lowest BCUT2D eigenvalue weighted by molar-refractivity contribution is 0.0238. The van der Waals surface area contributed by atoms with Crippen molar-refractivity contribution in [1.82, 2.24) is 10.2 Å².